The lowest BCUT2D eigenvalue weighted by Gasteiger charge is -2.27. The normalized spacial score (nSPS) is 38.8. The largest absolute Gasteiger partial charge is 0.375 e. The third-order valence-electron chi connectivity index (χ3n) is 3.17. The molecule has 2 aliphatic rings. The first kappa shape index (κ1) is 8.52. The maximum atomic E-state index is 5.87. The average molecular weight is 169 g/mol. The van der Waals surface area contributed by atoms with Crippen LogP contribution in [-0.2, 0) is 4.74 Å². The zero-order valence-electron chi connectivity index (χ0n) is 7.88. The van der Waals surface area contributed by atoms with Crippen molar-refractivity contribution in [3.05, 3.63) is 0 Å². The molecule has 0 saturated carbocycles. The molecule has 1 N–H and O–H groups in total. The molecular formula is C10H19NO. The van der Waals surface area contributed by atoms with Crippen molar-refractivity contribution in [2.75, 3.05) is 13.1 Å². The molecule has 0 bridgehead atoms. The predicted octanol–water partition coefficient (Wildman–Crippen LogP) is 1.55. The van der Waals surface area contributed by atoms with E-state index in [9.17, 15) is 0 Å². The van der Waals surface area contributed by atoms with Crippen molar-refractivity contribution >= 4 is 0 Å². The summed E-state index contributed by atoms with van der Waals surface area (Å²) in [6.45, 7) is 4.58. The Morgan fingerprint density at radius 3 is 2.42 bits per heavy atom. The van der Waals surface area contributed by atoms with E-state index in [-0.39, 0.29) is 0 Å². The summed E-state index contributed by atoms with van der Waals surface area (Å²) in [4.78, 5) is 0. The van der Waals surface area contributed by atoms with E-state index in [1.165, 1.54) is 38.8 Å². The molecule has 0 spiro atoms. The molecular weight excluding hydrogens is 150 g/mol. The summed E-state index contributed by atoms with van der Waals surface area (Å²) < 4.78 is 5.87. The lowest BCUT2D eigenvalue weighted by atomic mass is 9.91. The van der Waals surface area contributed by atoms with E-state index in [0.717, 1.165) is 5.92 Å². The van der Waals surface area contributed by atoms with Gasteiger partial charge in [-0.3, -0.25) is 0 Å². The van der Waals surface area contributed by atoms with Gasteiger partial charge in [0.1, 0.15) is 0 Å². The minimum absolute atomic E-state index is 0.518. The van der Waals surface area contributed by atoms with Crippen LogP contribution >= 0.6 is 0 Å². The molecule has 2 atom stereocenters. The highest BCUT2D eigenvalue weighted by molar-refractivity contribution is 4.81. The molecule has 2 heteroatoms. The van der Waals surface area contributed by atoms with Crippen LogP contribution in [0.15, 0.2) is 0 Å². The number of hydrogen-bond acceptors (Lipinski definition) is 2. The first-order valence-electron chi connectivity index (χ1n) is 5.22. The molecule has 0 aromatic heterocycles. The van der Waals surface area contributed by atoms with Crippen molar-refractivity contribution in [2.24, 2.45) is 5.92 Å². The number of hydrogen-bond donors (Lipinski definition) is 1. The van der Waals surface area contributed by atoms with Crippen LogP contribution in [0.3, 0.4) is 0 Å². The van der Waals surface area contributed by atoms with Gasteiger partial charge in [-0.2, -0.15) is 0 Å². The van der Waals surface area contributed by atoms with E-state index in [1.807, 2.05) is 0 Å². The number of nitrogens with one attached hydrogen (secondary N) is 1. The summed E-state index contributed by atoms with van der Waals surface area (Å²) >= 11 is 0. The van der Waals surface area contributed by atoms with Crippen LogP contribution in [0.2, 0.25) is 0 Å². The predicted molar refractivity (Wildman–Crippen MR) is 49.2 cm³/mol. The Labute approximate surface area is 74.7 Å². The van der Waals surface area contributed by atoms with E-state index in [0.29, 0.717) is 12.2 Å². The summed E-state index contributed by atoms with van der Waals surface area (Å²) in [5, 5.41) is 3.39. The molecule has 0 amide bonds. The van der Waals surface area contributed by atoms with Crippen LogP contribution in [0.5, 0.6) is 0 Å². The van der Waals surface area contributed by atoms with E-state index < -0.39 is 0 Å². The minimum Gasteiger partial charge on any atom is -0.375 e. The van der Waals surface area contributed by atoms with E-state index in [1.54, 1.807) is 0 Å². The van der Waals surface area contributed by atoms with Gasteiger partial charge in [0.05, 0.1) is 12.2 Å². The molecule has 2 fully saturated rings. The highest BCUT2D eigenvalue weighted by Gasteiger charge is 2.29. The lowest BCUT2D eigenvalue weighted by Crippen LogP contribution is -2.34. The second kappa shape index (κ2) is 3.75. The fourth-order valence-corrected chi connectivity index (χ4v) is 2.40. The van der Waals surface area contributed by atoms with Crippen LogP contribution in [0.1, 0.15) is 32.6 Å². The van der Waals surface area contributed by atoms with E-state index in [2.05, 4.69) is 12.2 Å². The van der Waals surface area contributed by atoms with Crippen LogP contribution in [0.25, 0.3) is 0 Å². The smallest absolute Gasteiger partial charge is 0.0608 e. The zero-order chi connectivity index (χ0) is 8.39. The molecule has 0 aromatic carbocycles. The van der Waals surface area contributed by atoms with Gasteiger partial charge in [-0.05, 0) is 51.6 Å². The molecule has 70 valence electrons. The fourth-order valence-electron chi connectivity index (χ4n) is 2.40. The second-order valence-corrected chi connectivity index (χ2v) is 4.15. The molecule has 0 radical (unpaired) electrons. The quantitative estimate of drug-likeness (QED) is 0.643. The molecule has 2 nitrogen and oxygen atoms in total. The van der Waals surface area contributed by atoms with Gasteiger partial charge in [0, 0.05) is 0 Å². The number of piperidine rings is 1. The van der Waals surface area contributed by atoms with Gasteiger partial charge in [-0.25, -0.2) is 0 Å². The monoisotopic (exact) mass is 169 g/mol. The summed E-state index contributed by atoms with van der Waals surface area (Å²) in [6, 6.07) is 0. The van der Waals surface area contributed by atoms with Crippen molar-refractivity contribution in [2.45, 2.75) is 44.8 Å². The molecule has 0 aromatic rings. The van der Waals surface area contributed by atoms with Crippen molar-refractivity contribution in [1.29, 1.82) is 0 Å². The molecule has 2 unspecified atom stereocenters. The van der Waals surface area contributed by atoms with Gasteiger partial charge in [0.25, 0.3) is 0 Å². The minimum atomic E-state index is 0.518. The second-order valence-electron chi connectivity index (χ2n) is 4.15. The summed E-state index contributed by atoms with van der Waals surface area (Å²) in [6.07, 6.45) is 6.31. The van der Waals surface area contributed by atoms with Gasteiger partial charge in [-0.1, -0.05) is 0 Å². The molecule has 0 aliphatic carbocycles. The molecule has 2 heterocycles. The summed E-state index contributed by atoms with van der Waals surface area (Å²) in [5.74, 6) is 0.844. The topological polar surface area (TPSA) is 21.3 Å². The first-order chi connectivity index (χ1) is 5.86. The van der Waals surface area contributed by atoms with Crippen LogP contribution < -0.4 is 5.32 Å². The highest BCUT2D eigenvalue weighted by atomic mass is 16.5. The van der Waals surface area contributed by atoms with Gasteiger partial charge >= 0.3 is 0 Å². The SMILES string of the molecule is CC1CCC(C2CCNCC2)O1. The Morgan fingerprint density at radius 2 is 1.83 bits per heavy atom. The highest BCUT2D eigenvalue weighted by Crippen LogP contribution is 2.29. The van der Waals surface area contributed by atoms with E-state index in [4.69, 9.17) is 4.74 Å². The van der Waals surface area contributed by atoms with Gasteiger partial charge in [-0.15, -0.1) is 0 Å². The molecule has 2 rings (SSSR count). The molecule has 12 heavy (non-hydrogen) atoms. The lowest BCUT2D eigenvalue weighted by molar-refractivity contribution is 0.0105. The summed E-state index contributed by atoms with van der Waals surface area (Å²) in [7, 11) is 0. The summed E-state index contributed by atoms with van der Waals surface area (Å²) in [5.41, 5.74) is 0. The van der Waals surface area contributed by atoms with Crippen LogP contribution in [0.4, 0.5) is 0 Å². The third kappa shape index (κ3) is 1.80. The fraction of sp³-hybridized carbons (Fsp3) is 1.00. The Kier molecular flexibility index (Phi) is 2.66. The Bertz CT molecular complexity index is 140. The Balaban J connectivity index is 1.83. The standard InChI is InChI=1S/C10H19NO/c1-8-2-3-10(12-8)9-4-6-11-7-5-9/h8-11H,2-7H2,1H3. The van der Waals surface area contributed by atoms with Gasteiger partial charge in [0.2, 0.25) is 0 Å². The zero-order valence-corrected chi connectivity index (χ0v) is 7.88. The Morgan fingerprint density at radius 1 is 1.08 bits per heavy atom. The number of rotatable bonds is 1. The molecule has 2 aliphatic heterocycles. The Hall–Kier alpha value is -0.0800. The van der Waals surface area contributed by atoms with Crippen LogP contribution in [0, 0.1) is 5.92 Å². The van der Waals surface area contributed by atoms with Crippen molar-refractivity contribution in [1.82, 2.24) is 5.32 Å². The molecule has 2 saturated heterocycles. The van der Waals surface area contributed by atoms with Crippen molar-refractivity contribution < 1.29 is 4.74 Å². The van der Waals surface area contributed by atoms with E-state index >= 15 is 0 Å². The van der Waals surface area contributed by atoms with Crippen LogP contribution in [-0.4, -0.2) is 25.3 Å². The van der Waals surface area contributed by atoms with Gasteiger partial charge < -0.3 is 10.1 Å². The third-order valence-corrected chi connectivity index (χ3v) is 3.17. The van der Waals surface area contributed by atoms with Crippen molar-refractivity contribution in [3.8, 4) is 0 Å². The van der Waals surface area contributed by atoms with Gasteiger partial charge in [0.15, 0.2) is 0 Å². The average Bonchev–Trinajstić information content (AvgIpc) is 2.54. The number of ether oxygens (including phenoxy) is 1. The maximum absolute atomic E-state index is 5.87. The first-order valence-corrected chi connectivity index (χ1v) is 5.22. The van der Waals surface area contributed by atoms with Crippen molar-refractivity contribution in [3.63, 3.8) is 0 Å². The maximum Gasteiger partial charge on any atom is 0.0608 e.